The Morgan fingerprint density at radius 3 is 1.69 bits per heavy atom. The Labute approximate surface area is 101 Å². The van der Waals surface area contributed by atoms with E-state index in [2.05, 4.69) is 11.9 Å². The number of fused-ring (bicyclic) bond motifs is 2. The summed E-state index contributed by atoms with van der Waals surface area (Å²) in [6, 6.07) is 1.26. The van der Waals surface area contributed by atoms with Crippen molar-refractivity contribution < 1.29 is 4.79 Å². The van der Waals surface area contributed by atoms with Gasteiger partial charge in [-0.15, -0.1) is 0 Å². The fourth-order valence-corrected chi connectivity index (χ4v) is 2.37. The summed E-state index contributed by atoms with van der Waals surface area (Å²) in [5.74, 6) is 0.236. The highest BCUT2D eigenvalue weighted by Crippen LogP contribution is 2.27. The van der Waals surface area contributed by atoms with E-state index in [0.717, 1.165) is 13.1 Å². The standard InChI is InChI=1S/C9H16N2O.2C2H6/c1-7(12)11-5-8-3-4-9(6-11)10(8)2;2*1-2/h8-9H,3-6H2,1-2H3;2*1-2H3. The SMILES string of the molecule is CC.CC.CC(=O)N1CC2CCC(C1)N2C. The first kappa shape index (κ1) is 15.4. The molecular weight excluding hydrogens is 200 g/mol. The van der Waals surface area contributed by atoms with Crippen LogP contribution in [0.1, 0.15) is 47.5 Å². The van der Waals surface area contributed by atoms with E-state index in [-0.39, 0.29) is 5.91 Å². The molecule has 0 radical (unpaired) electrons. The van der Waals surface area contributed by atoms with Crippen molar-refractivity contribution in [1.82, 2.24) is 9.80 Å². The molecule has 3 heteroatoms. The molecule has 2 heterocycles. The minimum absolute atomic E-state index is 0.236. The van der Waals surface area contributed by atoms with E-state index in [0.29, 0.717) is 12.1 Å². The van der Waals surface area contributed by atoms with Crippen LogP contribution in [0.25, 0.3) is 0 Å². The van der Waals surface area contributed by atoms with Crippen LogP contribution in [0.2, 0.25) is 0 Å². The number of likely N-dealkylation sites (N-methyl/N-ethyl adjacent to an activating group) is 1. The third kappa shape index (κ3) is 3.48. The third-order valence-electron chi connectivity index (χ3n) is 3.29. The molecule has 0 N–H and O–H groups in total. The highest BCUT2D eigenvalue weighted by molar-refractivity contribution is 5.73. The summed E-state index contributed by atoms with van der Waals surface area (Å²) in [5.41, 5.74) is 0. The van der Waals surface area contributed by atoms with E-state index in [1.54, 1.807) is 6.92 Å². The van der Waals surface area contributed by atoms with Crippen LogP contribution in [0.5, 0.6) is 0 Å². The van der Waals surface area contributed by atoms with Crippen molar-refractivity contribution in [3.8, 4) is 0 Å². The minimum atomic E-state index is 0.236. The quantitative estimate of drug-likeness (QED) is 0.635. The molecule has 2 unspecified atom stereocenters. The zero-order valence-corrected chi connectivity index (χ0v) is 11.8. The van der Waals surface area contributed by atoms with Gasteiger partial charge in [-0.05, 0) is 19.9 Å². The van der Waals surface area contributed by atoms with Crippen LogP contribution in [0.15, 0.2) is 0 Å². The number of likely N-dealkylation sites (tertiary alicyclic amines) is 1. The van der Waals surface area contributed by atoms with Crippen LogP contribution in [0.3, 0.4) is 0 Å². The van der Waals surface area contributed by atoms with Crippen LogP contribution in [-0.2, 0) is 4.79 Å². The highest BCUT2D eigenvalue weighted by atomic mass is 16.2. The van der Waals surface area contributed by atoms with E-state index in [1.165, 1.54) is 12.8 Å². The van der Waals surface area contributed by atoms with Crippen LogP contribution < -0.4 is 0 Å². The number of carbonyl (C=O) groups is 1. The van der Waals surface area contributed by atoms with Gasteiger partial charge in [0.2, 0.25) is 5.91 Å². The molecule has 0 aromatic rings. The first-order valence-corrected chi connectivity index (χ1v) is 6.66. The summed E-state index contributed by atoms with van der Waals surface area (Å²) in [5, 5.41) is 0. The van der Waals surface area contributed by atoms with Crippen molar-refractivity contribution in [3.05, 3.63) is 0 Å². The molecule has 2 fully saturated rings. The van der Waals surface area contributed by atoms with Gasteiger partial charge in [0, 0.05) is 32.1 Å². The summed E-state index contributed by atoms with van der Waals surface area (Å²) in [7, 11) is 2.18. The van der Waals surface area contributed by atoms with E-state index < -0.39 is 0 Å². The summed E-state index contributed by atoms with van der Waals surface area (Å²) < 4.78 is 0. The van der Waals surface area contributed by atoms with E-state index in [1.807, 2.05) is 32.6 Å². The van der Waals surface area contributed by atoms with Gasteiger partial charge in [-0.25, -0.2) is 0 Å². The lowest BCUT2D eigenvalue weighted by atomic mass is 10.2. The van der Waals surface area contributed by atoms with Gasteiger partial charge in [-0.3, -0.25) is 9.69 Å². The zero-order chi connectivity index (χ0) is 12.7. The zero-order valence-electron chi connectivity index (χ0n) is 11.8. The van der Waals surface area contributed by atoms with Crippen LogP contribution in [0, 0.1) is 0 Å². The lowest BCUT2D eigenvalue weighted by Crippen LogP contribution is -2.53. The Morgan fingerprint density at radius 2 is 1.38 bits per heavy atom. The molecule has 0 spiro atoms. The molecule has 0 aliphatic carbocycles. The van der Waals surface area contributed by atoms with Crippen molar-refractivity contribution >= 4 is 5.91 Å². The van der Waals surface area contributed by atoms with E-state index >= 15 is 0 Å². The Morgan fingerprint density at radius 1 is 1.00 bits per heavy atom. The predicted octanol–water partition coefficient (Wildman–Crippen LogP) is 2.36. The van der Waals surface area contributed by atoms with Gasteiger partial charge in [0.1, 0.15) is 0 Å². The van der Waals surface area contributed by atoms with Crippen molar-refractivity contribution in [2.45, 2.75) is 59.5 Å². The summed E-state index contributed by atoms with van der Waals surface area (Å²) in [4.78, 5) is 15.6. The predicted molar refractivity (Wildman–Crippen MR) is 69.5 cm³/mol. The Hall–Kier alpha value is -0.570. The fraction of sp³-hybridized carbons (Fsp3) is 0.923. The summed E-state index contributed by atoms with van der Waals surface area (Å²) >= 11 is 0. The number of nitrogens with zero attached hydrogens (tertiary/aromatic N) is 2. The number of hydrogen-bond donors (Lipinski definition) is 0. The maximum Gasteiger partial charge on any atom is 0.219 e. The molecule has 0 aromatic carbocycles. The average Bonchev–Trinajstić information content (AvgIpc) is 2.57. The maximum atomic E-state index is 11.1. The second kappa shape index (κ2) is 7.66. The Bertz CT molecular complexity index is 192. The maximum absolute atomic E-state index is 11.1. The number of amides is 1. The molecule has 2 aliphatic rings. The number of piperazine rings is 1. The molecule has 16 heavy (non-hydrogen) atoms. The monoisotopic (exact) mass is 228 g/mol. The molecule has 96 valence electrons. The number of hydrogen-bond acceptors (Lipinski definition) is 2. The summed E-state index contributed by atoms with van der Waals surface area (Å²) in [6.07, 6.45) is 2.54. The van der Waals surface area contributed by atoms with Gasteiger partial charge in [0.05, 0.1) is 0 Å². The molecular formula is C13H28N2O. The minimum Gasteiger partial charge on any atom is -0.340 e. The second-order valence-corrected chi connectivity index (χ2v) is 3.97. The normalized spacial score (nSPS) is 27.5. The van der Waals surface area contributed by atoms with E-state index in [4.69, 9.17) is 0 Å². The summed E-state index contributed by atoms with van der Waals surface area (Å²) in [6.45, 7) is 11.6. The largest absolute Gasteiger partial charge is 0.340 e. The lowest BCUT2D eigenvalue weighted by Gasteiger charge is -2.38. The van der Waals surface area contributed by atoms with Crippen molar-refractivity contribution in [2.24, 2.45) is 0 Å². The third-order valence-corrected chi connectivity index (χ3v) is 3.29. The smallest absolute Gasteiger partial charge is 0.219 e. The fourth-order valence-electron chi connectivity index (χ4n) is 2.37. The molecule has 2 rings (SSSR count). The number of carbonyl (C=O) groups excluding carboxylic acids is 1. The molecule has 3 nitrogen and oxygen atoms in total. The van der Waals surface area contributed by atoms with Gasteiger partial charge in [-0.1, -0.05) is 27.7 Å². The molecule has 2 atom stereocenters. The van der Waals surface area contributed by atoms with Gasteiger partial charge in [-0.2, -0.15) is 0 Å². The van der Waals surface area contributed by atoms with Crippen molar-refractivity contribution in [1.29, 1.82) is 0 Å². The molecule has 2 saturated heterocycles. The van der Waals surface area contributed by atoms with E-state index in [9.17, 15) is 4.79 Å². The first-order valence-electron chi connectivity index (χ1n) is 6.66. The van der Waals surface area contributed by atoms with Crippen LogP contribution in [-0.4, -0.2) is 47.9 Å². The van der Waals surface area contributed by atoms with Crippen LogP contribution in [0.4, 0.5) is 0 Å². The van der Waals surface area contributed by atoms with Gasteiger partial charge in [0.15, 0.2) is 0 Å². The topological polar surface area (TPSA) is 23.6 Å². The second-order valence-electron chi connectivity index (χ2n) is 3.97. The Balaban J connectivity index is 0.000000509. The molecule has 2 aliphatic heterocycles. The molecule has 1 amide bonds. The first-order chi connectivity index (χ1) is 7.68. The van der Waals surface area contributed by atoms with Gasteiger partial charge < -0.3 is 4.90 Å². The van der Waals surface area contributed by atoms with Crippen molar-refractivity contribution in [3.63, 3.8) is 0 Å². The number of rotatable bonds is 0. The molecule has 2 bridgehead atoms. The molecule has 0 aromatic heterocycles. The Kier molecular flexibility index (Phi) is 7.39. The highest BCUT2D eigenvalue weighted by Gasteiger charge is 2.37. The molecule has 0 saturated carbocycles. The lowest BCUT2D eigenvalue weighted by molar-refractivity contribution is -0.131. The van der Waals surface area contributed by atoms with Gasteiger partial charge in [0.25, 0.3) is 0 Å². The van der Waals surface area contributed by atoms with Crippen molar-refractivity contribution in [2.75, 3.05) is 20.1 Å². The van der Waals surface area contributed by atoms with Gasteiger partial charge >= 0.3 is 0 Å². The van der Waals surface area contributed by atoms with Crippen LogP contribution >= 0.6 is 0 Å². The average molecular weight is 228 g/mol.